The third-order valence-electron chi connectivity index (χ3n) is 1.17. The molecule has 0 aromatic heterocycles. The summed E-state index contributed by atoms with van der Waals surface area (Å²) >= 11 is 0. The van der Waals surface area contributed by atoms with Gasteiger partial charge in [-0.3, -0.25) is 0 Å². The van der Waals surface area contributed by atoms with E-state index < -0.39 is 0 Å². The van der Waals surface area contributed by atoms with Crippen molar-refractivity contribution in [3.63, 3.8) is 0 Å². The minimum Gasteiger partial charge on any atom is -1.00 e. The zero-order chi connectivity index (χ0) is 6.95. The molecule has 0 aliphatic carbocycles. The second kappa shape index (κ2) is 17.1. The molecule has 0 bridgehead atoms. The molecule has 0 aliphatic heterocycles. The van der Waals surface area contributed by atoms with E-state index >= 15 is 0 Å². The van der Waals surface area contributed by atoms with E-state index in [0.29, 0.717) is 0 Å². The number of unbranched alkanes of at least 4 members (excludes halogenated alkanes) is 2. The Morgan fingerprint density at radius 1 is 1.18 bits per heavy atom. The molecule has 0 saturated carbocycles. The summed E-state index contributed by atoms with van der Waals surface area (Å²) in [6, 6.07) is 0. The molecule has 0 unspecified atom stereocenters. The van der Waals surface area contributed by atoms with Crippen molar-refractivity contribution in [2.24, 2.45) is 0 Å². The van der Waals surface area contributed by atoms with Gasteiger partial charge in [-0.25, -0.2) is 0 Å². The average Bonchev–Trinajstić information content (AvgIpc) is 1.89. The topological polar surface area (TPSA) is 23.1 Å². The summed E-state index contributed by atoms with van der Waals surface area (Å²) in [6.45, 7) is 2.20. The molecule has 0 atom stereocenters. The zero-order valence-corrected chi connectivity index (χ0v) is 10.2. The molecule has 3 heteroatoms. The normalized spacial score (nSPS) is 8.91. The predicted octanol–water partition coefficient (Wildman–Crippen LogP) is -1.89. The van der Waals surface area contributed by atoms with Crippen LogP contribution in [-0.2, 0) is 0 Å². The van der Waals surface area contributed by atoms with Gasteiger partial charge in [-0.2, -0.15) is 0 Å². The molecule has 0 fully saturated rings. The van der Waals surface area contributed by atoms with Gasteiger partial charge in [0.1, 0.15) is 0 Å². The van der Waals surface area contributed by atoms with Crippen LogP contribution in [-0.4, -0.2) is 29.7 Å². The van der Waals surface area contributed by atoms with Crippen LogP contribution in [0.2, 0.25) is 0 Å². The molecule has 0 rings (SSSR count). The largest absolute Gasteiger partial charge is 2.00 e. The molecule has 0 amide bonds. The minimum atomic E-state index is 0. The molecule has 0 N–H and O–H groups in total. The van der Waals surface area contributed by atoms with Crippen molar-refractivity contribution in [2.75, 3.05) is 6.61 Å². The van der Waals surface area contributed by atoms with Gasteiger partial charge in [0.25, 0.3) is 0 Å². The fourth-order valence-electron chi connectivity index (χ4n) is 0.649. The second-order valence-electron chi connectivity index (χ2n) is 2.08. The van der Waals surface area contributed by atoms with Crippen molar-refractivity contribution in [2.45, 2.75) is 32.6 Å². The average molecular weight is 231 g/mol. The monoisotopic (exact) mass is 230 g/mol. The Morgan fingerprint density at radius 2 is 1.82 bits per heavy atom. The smallest absolute Gasteiger partial charge is 1.00 e. The second-order valence-corrected chi connectivity index (χ2v) is 2.08. The Labute approximate surface area is 96.2 Å². The van der Waals surface area contributed by atoms with E-state index in [1.807, 2.05) is 0 Å². The molecule has 0 aliphatic rings. The molecule has 0 radical (unpaired) electrons. The van der Waals surface area contributed by atoms with Crippen LogP contribution in [0.4, 0.5) is 0 Å². The number of halogens is 1. The maximum absolute atomic E-state index is 9.94. The molecule has 0 aromatic carbocycles. The molecule has 1 nitrogen and oxygen atoms in total. The summed E-state index contributed by atoms with van der Waals surface area (Å²) in [5, 5.41) is 9.94. The van der Waals surface area contributed by atoms with Crippen molar-refractivity contribution < 1.29 is 22.1 Å². The van der Waals surface area contributed by atoms with Crippen molar-refractivity contribution >= 4 is 23.1 Å². The van der Waals surface area contributed by atoms with Crippen LogP contribution in [0.5, 0.6) is 0 Å². The fraction of sp³-hybridized carbons (Fsp3) is 0.750. The van der Waals surface area contributed by atoms with Crippen molar-refractivity contribution in [1.29, 1.82) is 0 Å². The zero-order valence-electron chi connectivity index (χ0n) is 7.18. The van der Waals surface area contributed by atoms with E-state index in [1.165, 1.54) is 0 Å². The first-order valence-corrected chi connectivity index (χ1v) is 3.65. The molecule has 62 valence electrons. The first-order chi connectivity index (χ1) is 4.41. The van der Waals surface area contributed by atoms with E-state index in [-0.39, 0.29) is 46.6 Å². The van der Waals surface area contributed by atoms with Crippen LogP contribution in [0.1, 0.15) is 32.6 Å². The van der Waals surface area contributed by atoms with Crippen LogP contribution in [0, 0.1) is 0 Å². The Bertz CT molecular complexity index is 76.5. The summed E-state index contributed by atoms with van der Waals surface area (Å²) < 4.78 is 0. The predicted molar refractivity (Wildman–Crippen MR) is 43.9 cm³/mol. The van der Waals surface area contributed by atoms with Gasteiger partial charge >= 0.3 is 23.1 Å². The van der Waals surface area contributed by atoms with Gasteiger partial charge in [0.05, 0.1) is 0 Å². The first-order valence-electron chi connectivity index (χ1n) is 3.65. The molecular weight excluding hydrogens is 216 g/mol. The first kappa shape index (κ1) is 17.9. The minimum absolute atomic E-state index is 0. The van der Waals surface area contributed by atoms with E-state index in [0.717, 1.165) is 25.7 Å². The van der Waals surface area contributed by atoms with E-state index in [2.05, 4.69) is 19.1 Å². The van der Waals surface area contributed by atoms with Crippen LogP contribution in [0.15, 0.2) is 12.2 Å². The summed E-state index contributed by atoms with van der Waals surface area (Å²) in [5.41, 5.74) is 0. The molecule has 0 aromatic rings. The molecule has 11 heavy (non-hydrogen) atoms. The Balaban J connectivity index is -0.000000320. The summed E-state index contributed by atoms with van der Waals surface area (Å²) in [5.74, 6) is 0. The van der Waals surface area contributed by atoms with Crippen molar-refractivity contribution in [3.8, 4) is 0 Å². The SMILES string of the molecule is CC/C=C/CCCC[O-].[Br-].[Mg+2]. The molecule has 0 heterocycles. The quantitative estimate of drug-likeness (QED) is 0.308. The number of rotatable bonds is 5. The van der Waals surface area contributed by atoms with Gasteiger partial charge in [0.15, 0.2) is 0 Å². The number of hydrogen-bond donors (Lipinski definition) is 0. The van der Waals surface area contributed by atoms with E-state index in [4.69, 9.17) is 0 Å². The standard InChI is InChI=1S/C8H15O.BrH.Mg/c1-2-3-4-5-6-7-8-9;;/h3-4H,2,5-8H2,1H3;1H;/q-1;;+2/p-1/b4-3+;;. The third-order valence-corrected chi connectivity index (χ3v) is 1.17. The van der Waals surface area contributed by atoms with Crippen molar-refractivity contribution in [3.05, 3.63) is 12.2 Å². The third kappa shape index (κ3) is 18.2. The van der Waals surface area contributed by atoms with Gasteiger partial charge in [-0.15, -0.1) is 6.61 Å². The summed E-state index contributed by atoms with van der Waals surface area (Å²) in [6.07, 6.45) is 8.36. The summed E-state index contributed by atoms with van der Waals surface area (Å²) in [4.78, 5) is 0. The van der Waals surface area contributed by atoms with Gasteiger partial charge in [0.2, 0.25) is 0 Å². The van der Waals surface area contributed by atoms with E-state index in [9.17, 15) is 5.11 Å². The van der Waals surface area contributed by atoms with Crippen LogP contribution in [0.3, 0.4) is 0 Å². The summed E-state index contributed by atoms with van der Waals surface area (Å²) in [7, 11) is 0. The number of allylic oxidation sites excluding steroid dienone is 2. The fourth-order valence-corrected chi connectivity index (χ4v) is 0.649. The van der Waals surface area contributed by atoms with Gasteiger partial charge in [-0.05, 0) is 12.8 Å². The van der Waals surface area contributed by atoms with E-state index in [1.54, 1.807) is 0 Å². The Kier molecular flexibility index (Phi) is 27.9. The molecule has 0 saturated heterocycles. The number of hydrogen-bond acceptors (Lipinski definition) is 1. The van der Waals surface area contributed by atoms with Crippen LogP contribution in [0.25, 0.3) is 0 Å². The van der Waals surface area contributed by atoms with Gasteiger partial charge in [0, 0.05) is 0 Å². The van der Waals surface area contributed by atoms with Crippen LogP contribution < -0.4 is 22.1 Å². The van der Waals surface area contributed by atoms with Crippen molar-refractivity contribution in [1.82, 2.24) is 0 Å². The maximum atomic E-state index is 9.94. The molecular formula is C8H15BrMgO. The molecule has 0 spiro atoms. The maximum Gasteiger partial charge on any atom is 2.00 e. The van der Waals surface area contributed by atoms with Gasteiger partial charge < -0.3 is 22.1 Å². The Morgan fingerprint density at radius 3 is 2.27 bits per heavy atom. The Hall–Kier alpha value is 0.946. The van der Waals surface area contributed by atoms with Crippen LogP contribution >= 0.6 is 0 Å². The van der Waals surface area contributed by atoms with Gasteiger partial charge in [-0.1, -0.05) is 31.9 Å².